The van der Waals surface area contributed by atoms with E-state index in [4.69, 9.17) is 18.5 Å². The number of phosphoric ester groups is 1. The third-order valence-electron chi connectivity index (χ3n) is 11.1. The van der Waals surface area contributed by atoms with Gasteiger partial charge in [0.25, 0.3) is 0 Å². The smallest absolute Gasteiger partial charge is 0.457 e. The summed E-state index contributed by atoms with van der Waals surface area (Å²) in [6.45, 7) is 2.10. The number of hydrogen-bond acceptors (Lipinski definition) is 9. The Labute approximate surface area is 385 Å². The van der Waals surface area contributed by atoms with E-state index in [9.17, 15) is 29.3 Å². The van der Waals surface area contributed by atoms with E-state index < -0.39 is 58.4 Å². The molecule has 0 amide bonds. The Balaban J connectivity index is 3.83. The number of esters is 2. The number of aliphatic hydroxyl groups is 2. The average Bonchev–Trinajstić information content (AvgIpc) is 3.27. The third-order valence-corrected chi connectivity index (χ3v) is 12.0. The molecule has 0 saturated heterocycles. The van der Waals surface area contributed by atoms with E-state index in [2.05, 4.69) is 62.5 Å². The summed E-state index contributed by atoms with van der Waals surface area (Å²) in [5.74, 6) is -1.04. The van der Waals surface area contributed by atoms with Crippen LogP contribution < -0.4 is 0 Å². The van der Waals surface area contributed by atoms with Gasteiger partial charge in [0, 0.05) is 12.8 Å². The fourth-order valence-corrected chi connectivity index (χ4v) is 7.95. The van der Waals surface area contributed by atoms with Gasteiger partial charge in [-0.1, -0.05) is 217 Å². The highest BCUT2D eigenvalue weighted by Crippen LogP contribution is 2.43. The minimum absolute atomic E-state index is 0.164. The summed E-state index contributed by atoms with van der Waals surface area (Å²) in [4.78, 5) is 34.7. The Morgan fingerprint density at radius 1 is 0.444 bits per heavy atom. The molecule has 0 aliphatic heterocycles. The predicted octanol–water partition coefficient (Wildman–Crippen LogP) is 14.5. The number of carbonyl (C=O) groups excluding carboxylic acids is 2. The molecule has 0 heterocycles. The van der Waals surface area contributed by atoms with Crippen molar-refractivity contribution in [2.24, 2.45) is 0 Å². The average molecular weight is 911 g/mol. The Morgan fingerprint density at radius 2 is 0.746 bits per heavy atom. The minimum Gasteiger partial charge on any atom is -0.457 e. The maximum Gasteiger partial charge on any atom is 0.472 e. The molecule has 0 radical (unpaired) electrons. The summed E-state index contributed by atoms with van der Waals surface area (Å²) >= 11 is 0. The molecule has 0 bridgehead atoms. The van der Waals surface area contributed by atoms with Crippen molar-refractivity contribution in [3.05, 3.63) is 48.6 Å². The monoisotopic (exact) mass is 911 g/mol. The molecule has 63 heavy (non-hydrogen) atoms. The van der Waals surface area contributed by atoms with Gasteiger partial charge in [-0.3, -0.25) is 18.6 Å². The van der Waals surface area contributed by atoms with Crippen LogP contribution in [0.15, 0.2) is 48.6 Å². The fourth-order valence-electron chi connectivity index (χ4n) is 7.17. The summed E-state index contributed by atoms with van der Waals surface area (Å²) in [7, 11) is -4.65. The van der Waals surface area contributed by atoms with Crippen molar-refractivity contribution in [3.63, 3.8) is 0 Å². The lowest BCUT2D eigenvalue weighted by atomic mass is 10.0. The molecular formula is C52H95O10P. The van der Waals surface area contributed by atoms with Crippen LogP contribution in [0, 0.1) is 0 Å². The second kappa shape index (κ2) is 47.9. The van der Waals surface area contributed by atoms with Crippen LogP contribution in [0.3, 0.4) is 0 Å². The lowest BCUT2D eigenvalue weighted by Gasteiger charge is -2.20. The molecule has 10 nitrogen and oxygen atoms in total. The number of allylic oxidation sites excluding steroid dienone is 8. The van der Waals surface area contributed by atoms with Gasteiger partial charge in [-0.15, -0.1) is 0 Å². The molecule has 11 heteroatoms. The van der Waals surface area contributed by atoms with Gasteiger partial charge in [0.05, 0.1) is 26.4 Å². The van der Waals surface area contributed by atoms with Crippen LogP contribution >= 0.6 is 7.82 Å². The largest absolute Gasteiger partial charge is 0.472 e. The summed E-state index contributed by atoms with van der Waals surface area (Å²) in [5.41, 5.74) is 0. The summed E-state index contributed by atoms with van der Waals surface area (Å²) < 4.78 is 32.7. The van der Waals surface area contributed by atoms with Crippen LogP contribution in [-0.4, -0.2) is 65.7 Å². The topological polar surface area (TPSA) is 149 Å². The number of aliphatic hydroxyl groups excluding tert-OH is 2. The van der Waals surface area contributed by atoms with E-state index in [1.165, 1.54) is 122 Å². The second-order valence-electron chi connectivity index (χ2n) is 17.1. The van der Waals surface area contributed by atoms with Crippen molar-refractivity contribution in [1.29, 1.82) is 0 Å². The molecular weight excluding hydrogens is 816 g/mol. The maximum absolute atomic E-state index is 12.4. The number of carbonyl (C=O) groups is 2. The SMILES string of the molecule is CC/C=C\C/C=C\C/C=C\C/C=C\CCCCCCC(=O)OC(CO)COP(=O)(O)OCC(CO)OC(=O)CCCCCCCCCCCCCCCCCCCCCCCCC. The fraction of sp³-hybridized carbons (Fsp3) is 0.808. The van der Waals surface area contributed by atoms with Gasteiger partial charge in [0.1, 0.15) is 12.2 Å². The lowest BCUT2D eigenvalue weighted by molar-refractivity contribution is -0.153. The van der Waals surface area contributed by atoms with E-state index >= 15 is 0 Å². The molecule has 3 atom stereocenters. The number of rotatable bonds is 48. The minimum atomic E-state index is -4.65. The molecule has 0 saturated carbocycles. The zero-order valence-electron chi connectivity index (χ0n) is 40.3. The van der Waals surface area contributed by atoms with Crippen molar-refractivity contribution in [2.75, 3.05) is 26.4 Å². The van der Waals surface area contributed by atoms with Gasteiger partial charge in [-0.25, -0.2) is 4.57 Å². The van der Waals surface area contributed by atoms with Gasteiger partial charge in [-0.2, -0.15) is 0 Å². The van der Waals surface area contributed by atoms with Crippen molar-refractivity contribution in [2.45, 2.75) is 244 Å². The first kappa shape index (κ1) is 60.9. The van der Waals surface area contributed by atoms with Gasteiger partial charge in [0.2, 0.25) is 0 Å². The van der Waals surface area contributed by atoms with Gasteiger partial charge in [-0.05, 0) is 51.4 Å². The van der Waals surface area contributed by atoms with Crippen LogP contribution in [0.1, 0.15) is 232 Å². The molecule has 3 N–H and O–H groups in total. The van der Waals surface area contributed by atoms with Crippen LogP contribution in [0.25, 0.3) is 0 Å². The van der Waals surface area contributed by atoms with Gasteiger partial charge < -0.3 is 24.6 Å². The van der Waals surface area contributed by atoms with E-state index in [-0.39, 0.29) is 12.8 Å². The molecule has 0 aromatic carbocycles. The first-order valence-corrected chi connectivity index (χ1v) is 27.1. The highest BCUT2D eigenvalue weighted by molar-refractivity contribution is 7.47. The van der Waals surface area contributed by atoms with Gasteiger partial charge >= 0.3 is 19.8 Å². The normalized spacial score (nSPS) is 14.0. The highest BCUT2D eigenvalue weighted by Gasteiger charge is 2.27. The summed E-state index contributed by atoms with van der Waals surface area (Å²) in [6, 6.07) is 0. The first-order valence-electron chi connectivity index (χ1n) is 25.6. The number of ether oxygens (including phenoxy) is 2. The Hall–Kier alpha value is -2.07. The van der Waals surface area contributed by atoms with Crippen LogP contribution in [-0.2, 0) is 32.7 Å². The zero-order valence-corrected chi connectivity index (χ0v) is 41.2. The van der Waals surface area contributed by atoms with E-state index in [1.54, 1.807) is 0 Å². The van der Waals surface area contributed by atoms with E-state index in [1.807, 2.05) is 0 Å². The number of hydrogen-bond donors (Lipinski definition) is 3. The van der Waals surface area contributed by atoms with Crippen LogP contribution in [0.4, 0.5) is 0 Å². The standard InChI is InChI=1S/C52H95O10P/c1-3-5-7-9-11-13-15-17-19-21-22-23-24-25-26-28-30-32-34-36-38-40-42-44-52(56)62-50(46-54)48-60-63(57,58)59-47-49(45-53)61-51(55)43-41-39-37-35-33-31-29-27-20-18-16-14-12-10-8-6-4-2/h6,8,12,14,18,20,29,31,49-50,53-54H,3-5,7,9-11,13,15-17,19,21-28,30,32-48H2,1-2H3,(H,57,58)/b8-6-,14-12-,20-18-,31-29-. The number of unbranched alkanes of at least 4 members (excludes halogenated alkanes) is 26. The summed E-state index contributed by atoms with van der Waals surface area (Å²) in [5, 5.41) is 19.2. The highest BCUT2D eigenvalue weighted by atomic mass is 31.2. The van der Waals surface area contributed by atoms with E-state index in [0.717, 1.165) is 70.6 Å². The van der Waals surface area contributed by atoms with Gasteiger partial charge in [0.15, 0.2) is 0 Å². The molecule has 0 rings (SSSR count). The van der Waals surface area contributed by atoms with Crippen LogP contribution in [0.2, 0.25) is 0 Å². The van der Waals surface area contributed by atoms with Crippen LogP contribution in [0.5, 0.6) is 0 Å². The summed E-state index contributed by atoms with van der Waals surface area (Å²) in [6.07, 6.45) is 53.8. The Kier molecular flexibility index (Phi) is 46.3. The molecule has 0 fully saturated rings. The van der Waals surface area contributed by atoms with Crippen molar-refractivity contribution in [3.8, 4) is 0 Å². The first-order chi connectivity index (χ1) is 30.8. The zero-order chi connectivity index (χ0) is 46.2. The predicted molar refractivity (Wildman–Crippen MR) is 261 cm³/mol. The molecule has 0 aliphatic rings. The quantitative estimate of drug-likeness (QED) is 0.0233. The molecule has 0 aromatic rings. The Bertz CT molecular complexity index is 1190. The van der Waals surface area contributed by atoms with Crippen molar-refractivity contribution in [1.82, 2.24) is 0 Å². The molecule has 368 valence electrons. The molecule has 3 unspecified atom stereocenters. The molecule has 0 spiro atoms. The van der Waals surface area contributed by atoms with E-state index in [0.29, 0.717) is 12.8 Å². The maximum atomic E-state index is 12.4. The second-order valence-corrected chi connectivity index (χ2v) is 18.6. The third kappa shape index (κ3) is 46.3. The lowest BCUT2D eigenvalue weighted by Crippen LogP contribution is -2.28. The van der Waals surface area contributed by atoms with Crippen molar-refractivity contribution >= 4 is 19.8 Å². The molecule has 0 aromatic heterocycles. The molecule has 0 aliphatic carbocycles. The van der Waals surface area contributed by atoms with Crippen molar-refractivity contribution < 1.29 is 47.8 Å². The Morgan fingerprint density at radius 3 is 1.08 bits per heavy atom. The number of phosphoric acid groups is 1.